The lowest BCUT2D eigenvalue weighted by molar-refractivity contribution is -0.144. The zero-order valence-electron chi connectivity index (χ0n) is 12.7. The van der Waals surface area contributed by atoms with Gasteiger partial charge in [-0.2, -0.15) is 22.7 Å². The van der Waals surface area contributed by atoms with Gasteiger partial charge in [-0.15, -0.1) is 5.10 Å². The standard InChI is InChI=1S/C16H14F3N5/c1-11-10-13(20-9-5-8-12-6-3-2-4-7-12)24-15(21-11)22-14(23-24)16(17,18)19/h2-8,10,20H,9H2,1H3/b8-5+. The Hall–Kier alpha value is -2.90. The maximum Gasteiger partial charge on any atom is 0.453 e. The summed E-state index contributed by atoms with van der Waals surface area (Å²) in [6.07, 6.45) is -0.814. The number of aromatic nitrogens is 4. The molecule has 24 heavy (non-hydrogen) atoms. The number of benzene rings is 1. The van der Waals surface area contributed by atoms with Crippen molar-refractivity contribution in [3.63, 3.8) is 0 Å². The summed E-state index contributed by atoms with van der Waals surface area (Å²) >= 11 is 0. The molecule has 0 unspecified atom stereocenters. The van der Waals surface area contributed by atoms with Crippen molar-refractivity contribution in [1.82, 2.24) is 19.6 Å². The minimum atomic E-state index is -4.61. The summed E-state index contributed by atoms with van der Waals surface area (Å²) < 4.78 is 39.3. The van der Waals surface area contributed by atoms with Crippen molar-refractivity contribution in [2.45, 2.75) is 13.1 Å². The van der Waals surface area contributed by atoms with Gasteiger partial charge in [0.15, 0.2) is 0 Å². The van der Waals surface area contributed by atoms with Gasteiger partial charge >= 0.3 is 6.18 Å². The van der Waals surface area contributed by atoms with Crippen molar-refractivity contribution in [3.8, 4) is 0 Å². The van der Waals surface area contributed by atoms with Crippen molar-refractivity contribution in [1.29, 1.82) is 0 Å². The predicted octanol–water partition coefficient (Wildman–Crippen LogP) is 3.58. The highest BCUT2D eigenvalue weighted by atomic mass is 19.4. The van der Waals surface area contributed by atoms with E-state index in [1.807, 2.05) is 42.5 Å². The number of aryl methyl sites for hydroxylation is 1. The molecule has 0 saturated carbocycles. The average Bonchev–Trinajstić information content (AvgIpc) is 2.96. The van der Waals surface area contributed by atoms with Gasteiger partial charge in [0.05, 0.1) is 0 Å². The lowest BCUT2D eigenvalue weighted by Gasteiger charge is -2.06. The normalized spacial score (nSPS) is 12.2. The molecule has 5 nitrogen and oxygen atoms in total. The first-order valence-electron chi connectivity index (χ1n) is 7.20. The molecule has 0 spiro atoms. The van der Waals surface area contributed by atoms with E-state index in [0.29, 0.717) is 18.1 Å². The van der Waals surface area contributed by atoms with Gasteiger partial charge in [-0.1, -0.05) is 42.5 Å². The van der Waals surface area contributed by atoms with Crippen LogP contribution in [0.3, 0.4) is 0 Å². The monoisotopic (exact) mass is 333 g/mol. The number of nitrogens with one attached hydrogen (secondary N) is 1. The fourth-order valence-corrected chi connectivity index (χ4v) is 2.16. The maximum absolute atomic E-state index is 12.8. The number of hydrogen-bond acceptors (Lipinski definition) is 4. The van der Waals surface area contributed by atoms with Gasteiger partial charge in [-0.3, -0.25) is 0 Å². The average molecular weight is 333 g/mol. The molecule has 0 aliphatic rings. The molecule has 124 valence electrons. The molecule has 1 aromatic carbocycles. The molecule has 3 aromatic rings. The smallest absolute Gasteiger partial charge is 0.366 e. The molecular formula is C16H14F3N5. The van der Waals surface area contributed by atoms with Crippen LogP contribution in [0.5, 0.6) is 0 Å². The number of hydrogen-bond donors (Lipinski definition) is 1. The molecule has 2 aromatic heterocycles. The van der Waals surface area contributed by atoms with Gasteiger partial charge in [0, 0.05) is 18.3 Å². The summed E-state index contributed by atoms with van der Waals surface area (Å²) in [6, 6.07) is 11.3. The van der Waals surface area contributed by atoms with Crippen LogP contribution in [-0.2, 0) is 6.18 Å². The molecule has 2 heterocycles. The Bertz CT molecular complexity index is 869. The topological polar surface area (TPSA) is 55.1 Å². The van der Waals surface area contributed by atoms with Crippen LogP contribution in [0.4, 0.5) is 19.0 Å². The number of alkyl halides is 3. The van der Waals surface area contributed by atoms with Crippen LogP contribution in [-0.4, -0.2) is 26.1 Å². The van der Waals surface area contributed by atoms with Crippen molar-refractivity contribution in [2.24, 2.45) is 0 Å². The second-order valence-electron chi connectivity index (χ2n) is 5.12. The van der Waals surface area contributed by atoms with E-state index >= 15 is 0 Å². The van der Waals surface area contributed by atoms with Crippen molar-refractivity contribution in [3.05, 3.63) is 59.6 Å². The van der Waals surface area contributed by atoms with Crippen LogP contribution in [0.2, 0.25) is 0 Å². The van der Waals surface area contributed by atoms with Gasteiger partial charge in [0.1, 0.15) is 5.82 Å². The molecule has 8 heteroatoms. The van der Waals surface area contributed by atoms with Crippen LogP contribution in [0.15, 0.2) is 42.5 Å². The summed E-state index contributed by atoms with van der Waals surface area (Å²) in [6.45, 7) is 2.11. The Morgan fingerprint density at radius 2 is 1.92 bits per heavy atom. The Morgan fingerprint density at radius 1 is 1.17 bits per heavy atom. The van der Waals surface area contributed by atoms with Crippen LogP contribution in [0.1, 0.15) is 17.1 Å². The summed E-state index contributed by atoms with van der Waals surface area (Å²) in [5.41, 5.74) is 1.59. The van der Waals surface area contributed by atoms with E-state index < -0.39 is 12.0 Å². The van der Waals surface area contributed by atoms with E-state index in [9.17, 15) is 13.2 Å². The third-order valence-electron chi connectivity index (χ3n) is 3.20. The molecule has 0 amide bonds. The van der Waals surface area contributed by atoms with E-state index in [4.69, 9.17) is 0 Å². The minimum absolute atomic E-state index is 0.0862. The highest BCUT2D eigenvalue weighted by Crippen LogP contribution is 2.27. The van der Waals surface area contributed by atoms with Crippen LogP contribution >= 0.6 is 0 Å². The molecule has 0 saturated heterocycles. The molecule has 0 bridgehead atoms. The molecular weight excluding hydrogens is 319 g/mol. The highest BCUT2D eigenvalue weighted by Gasteiger charge is 2.36. The van der Waals surface area contributed by atoms with Gasteiger partial charge in [0.2, 0.25) is 0 Å². The quantitative estimate of drug-likeness (QED) is 0.793. The Labute approximate surface area is 135 Å². The molecule has 3 rings (SSSR count). The zero-order chi connectivity index (χ0) is 17.2. The molecule has 0 atom stereocenters. The van der Waals surface area contributed by atoms with Crippen LogP contribution in [0, 0.1) is 6.92 Å². The van der Waals surface area contributed by atoms with Crippen LogP contribution < -0.4 is 5.32 Å². The van der Waals surface area contributed by atoms with E-state index in [-0.39, 0.29) is 5.78 Å². The number of halogens is 3. The fourth-order valence-electron chi connectivity index (χ4n) is 2.16. The SMILES string of the molecule is Cc1cc(NC/C=C/c2ccccc2)n2nc(C(F)(F)F)nc2n1. The Kier molecular flexibility index (Phi) is 4.20. The first-order chi connectivity index (χ1) is 11.4. The first-order valence-corrected chi connectivity index (χ1v) is 7.20. The summed E-state index contributed by atoms with van der Waals surface area (Å²) in [7, 11) is 0. The third kappa shape index (κ3) is 3.53. The molecule has 0 radical (unpaired) electrons. The van der Waals surface area contributed by atoms with Crippen LogP contribution in [0.25, 0.3) is 11.9 Å². The van der Waals surface area contributed by atoms with Gasteiger partial charge < -0.3 is 5.32 Å². The van der Waals surface area contributed by atoms with E-state index in [0.717, 1.165) is 10.1 Å². The maximum atomic E-state index is 12.8. The largest absolute Gasteiger partial charge is 0.453 e. The molecule has 0 aliphatic carbocycles. The predicted molar refractivity (Wildman–Crippen MR) is 84.5 cm³/mol. The minimum Gasteiger partial charge on any atom is -0.366 e. The zero-order valence-corrected chi connectivity index (χ0v) is 12.7. The van der Waals surface area contributed by atoms with Crippen molar-refractivity contribution in [2.75, 3.05) is 11.9 Å². The summed E-state index contributed by atoms with van der Waals surface area (Å²) in [5, 5.41) is 6.52. The van der Waals surface area contributed by atoms with Gasteiger partial charge in [0.25, 0.3) is 11.6 Å². The second kappa shape index (κ2) is 6.31. The van der Waals surface area contributed by atoms with E-state index in [2.05, 4.69) is 20.4 Å². The summed E-state index contributed by atoms with van der Waals surface area (Å²) in [4.78, 5) is 7.42. The molecule has 0 fully saturated rings. The number of nitrogens with zero attached hydrogens (tertiary/aromatic N) is 4. The Morgan fingerprint density at radius 3 is 2.62 bits per heavy atom. The second-order valence-corrected chi connectivity index (χ2v) is 5.12. The fraction of sp³-hybridized carbons (Fsp3) is 0.188. The molecule has 0 aliphatic heterocycles. The van der Waals surface area contributed by atoms with Gasteiger partial charge in [-0.25, -0.2) is 4.98 Å². The lowest BCUT2D eigenvalue weighted by atomic mass is 10.2. The van der Waals surface area contributed by atoms with Gasteiger partial charge in [-0.05, 0) is 12.5 Å². The van der Waals surface area contributed by atoms with Crippen molar-refractivity contribution < 1.29 is 13.2 Å². The number of fused-ring (bicyclic) bond motifs is 1. The third-order valence-corrected chi connectivity index (χ3v) is 3.20. The number of rotatable bonds is 4. The highest BCUT2D eigenvalue weighted by molar-refractivity contribution is 5.51. The van der Waals surface area contributed by atoms with Crippen molar-refractivity contribution >= 4 is 17.7 Å². The summed E-state index contributed by atoms with van der Waals surface area (Å²) in [5.74, 6) is -0.890. The molecule has 1 N–H and O–H groups in total. The Balaban J connectivity index is 1.81. The first kappa shape index (κ1) is 16.0. The van der Waals surface area contributed by atoms with E-state index in [1.165, 1.54) is 0 Å². The lowest BCUT2D eigenvalue weighted by Crippen LogP contribution is -2.09. The van der Waals surface area contributed by atoms with E-state index in [1.54, 1.807) is 13.0 Å². The number of anilines is 1.